The van der Waals surface area contributed by atoms with Crippen molar-refractivity contribution in [3.8, 4) is 6.07 Å². The topological polar surface area (TPSA) is 117 Å². The van der Waals surface area contributed by atoms with Crippen molar-refractivity contribution in [1.82, 2.24) is 19.5 Å². The summed E-state index contributed by atoms with van der Waals surface area (Å²) >= 11 is 0. The van der Waals surface area contributed by atoms with E-state index in [0.29, 0.717) is 36.5 Å². The molecule has 1 amide bonds. The van der Waals surface area contributed by atoms with E-state index in [1.807, 2.05) is 11.5 Å². The second-order valence-electron chi connectivity index (χ2n) is 10.5. The summed E-state index contributed by atoms with van der Waals surface area (Å²) in [5.74, 6) is 0.327. The number of halogens is 1. The maximum absolute atomic E-state index is 15.4. The third kappa shape index (κ3) is 4.10. The van der Waals surface area contributed by atoms with E-state index < -0.39 is 28.9 Å². The number of aromatic nitrogens is 4. The van der Waals surface area contributed by atoms with Crippen molar-refractivity contribution in [2.75, 3.05) is 11.4 Å². The van der Waals surface area contributed by atoms with Gasteiger partial charge in [0.1, 0.15) is 17.4 Å². The molecule has 2 aliphatic rings. The predicted octanol–water partition coefficient (Wildman–Crippen LogP) is 3.85. The minimum absolute atomic E-state index is 0.244. The highest BCUT2D eigenvalue weighted by Gasteiger charge is 2.55. The second-order valence-corrected chi connectivity index (χ2v) is 10.5. The van der Waals surface area contributed by atoms with Gasteiger partial charge in [-0.15, -0.1) is 0 Å². The number of aliphatic hydroxyl groups is 1. The Morgan fingerprint density at radius 1 is 1.31 bits per heavy atom. The molecule has 5 rings (SSSR count). The Labute approximate surface area is 202 Å². The van der Waals surface area contributed by atoms with E-state index in [1.54, 1.807) is 38.4 Å². The zero-order valence-corrected chi connectivity index (χ0v) is 19.9. The molecule has 3 aromatic rings. The Hall–Kier alpha value is -3.58. The Kier molecular flexibility index (Phi) is 5.29. The van der Waals surface area contributed by atoms with Crippen LogP contribution in [-0.2, 0) is 16.9 Å². The second kappa shape index (κ2) is 7.99. The highest BCUT2D eigenvalue weighted by Crippen LogP contribution is 2.49. The number of carbonyl (C=O) groups excluding carboxylic acids is 1. The lowest BCUT2D eigenvalue weighted by Gasteiger charge is -2.45. The van der Waals surface area contributed by atoms with Crippen LogP contribution in [0, 0.1) is 16.7 Å². The zero-order valence-electron chi connectivity index (χ0n) is 19.9. The average Bonchev–Trinajstić information content (AvgIpc) is 3.36. The third-order valence-corrected chi connectivity index (χ3v) is 7.13. The van der Waals surface area contributed by atoms with Crippen molar-refractivity contribution in [2.24, 2.45) is 5.41 Å². The number of rotatable bonds is 4. The van der Waals surface area contributed by atoms with Crippen molar-refractivity contribution in [3.63, 3.8) is 0 Å². The SMILES string of the molecule is CC(C)(O)c1cnc(N2C[C@]3(CC[C@@H](F)[C@@](C)(Cn4cnc5ccc(C#N)cc54)C3)OC2=O)cn1. The first-order valence-corrected chi connectivity index (χ1v) is 11.6. The lowest BCUT2D eigenvalue weighted by Crippen LogP contribution is -2.50. The Morgan fingerprint density at radius 2 is 2.11 bits per heavy atom. The van der Waals surface area contributed by atoms with Crippen LogP contribution < -0.4 is 4.90 Å². The summed E-state index contributed by atoms with van der Waals surface area (Å²) in [6.45, 7) is 5.66. The number of ether oxygens (including phenoxy) is 1. The van der Waals surface area contributed by atoms with Crippen LogP contribution in [0.5, 0.6) is 0 Å². The van der Waals surface area contributed by atoms with E-state index in [9.17, 15) is 15.2 Å². The predicted molar refractivity (Wildman–Crippen MR) is 125 cm³/mol. The average molecular weight is 479 g/mol. The number of hydrogen-bond acceptors (Lipinski definition) is 7. The maximum atomic E-state index is 15.4. The quantitative estimate of drug-likeness (QED) is 0.605. The van der Waals surface area contributed by atoms with Gasteiger partial charge in [0.05, 0.1) is 53.6 Å². The number of nitrogens with zero attached hydrogens (tertiary/aromatic N) is 6. The zero-order chi connectivity index (χ0) is 25.0. The van der Waals surface area contributed by atoms with Crippen molar-refractivity contribution >= 4 is 22.9 Å². The fourth-order valence-electron chi connectivity index (χ4n) is 5.27. The third-order valence-electron chi connectivity index (χ3n) is 7.13. The summed E-state index contributed by atoms with van der Waals surface area (Å²) < 4.78 is 23.1. The lowest BCUT2D eigenvalue weighted by molar-refractivity contribution is -0.0663. The van der Waals surface area contributed by atoms with Gasteiger partial charge < -0.3 is 14.4 Å². The van der Waals surface area contributed by atoms with Gasteiger partial charge in [-0.1, -0.05) is 6.92 Å². The molecule has 182 valence electrons. The van der Waals surface area contributed by atoms with Crippen LogP contribution in [-0.4, -0.2) is 49.0 Å². The molecule has 3 atom stereocenters. The number of fused-ring (bicyclic) bond motifs is 1. The Bertz CT molecular complexity index is 1330. The molecule has 1 N–H and O–H groups in total. The number of hydrogen-bond donors (Lipinski definition) is 1. The number of alkyl halides is 1. The molecule has 3 heterocycles. The molecule has 0 radical (unpaired) electrons. The van der Waals surface area contributed by atoms with E-state index in [1.165, 1.54) is 17.3 Å². The summed E-state index contributed by atoms with van der Waals surface area (Å²) in [5, 5.41) is 19.4. The van der Waals surface area contributed by atoms with E-state index in [2.05, 4.69) is 21.0 Å². The maximum Gasteiger partial charge on any atom is 0.416 e. The fraction of sp³-hybridized carbons (Fsp3) is 0.480. The van der Waals surface area contributed by atoms with Crippen LogP contribution in [0.2, 0.25) is 0 Å². The van der Waals surface area contributed by atoms with Gasteiger partial charge in [0.2, 0.25) is 0 Å². The van der Waals surface area contributed by atoms with Gasteiger partial charge in [-0.05, 0) is 51.3 Å². The van der Waals surface area contributed by atoms with E-state index in [-0.39, 0.29) is 13.0 Å². The molecule has 1 spiro atoms. The normalized spacial score (nSPS) is 26.8. The van der Waals surface area contributed by atoms with Crippen molar-refractivity contribution < 1.29 is 19.0 Å². The highest BCUT2D eigenvalue weighted by molar-refractivity contribution is 5.89. The van der Waals surface area contributed by atoms with Crippen LogP contribution in [0.15, 0.2) is 36.9 Å². The first-order valence-electron chi connectivity index (χ1n) is 11.6. The molecule has 0 bridgehead atoms. The van der Waals surface area contributed by atoms with E-state index >= 15 is 4.39 Å². The molecule has 1 aliphatic heterocycles. The van der Waals surface area contributed by atoms with Gasteiger partial charge in [-0.2, -0.15) is 5.26 Å². The highest BCUT2D eigenvalue weighted by atomic mass is 19.1. The minimum Gasteiger partial charge on any atom is -0.441 e. The number of anilines is 1. The Morgan fingerprint density at radius 3 is 2.80 bits per heavy atom. The van der Waals surface area contributed by atoms with Crippen LogP contribution in [0.3, 0.4) is 0 Å². The van der Waals surface area contributed by atoms with Crippen LogP contribution in [0.25, 0.3) is 11.0 Å². The number of amides is 1. The molecule has 2 aromatic heterocycles. The van der Waals surface area contributed by atoms with Gasteiger partial charge in [-0.3, -0.25) is 9.88 Å². The lowest BCUT2D eigenvalue weighted by atomic mass is 9.67. The summed E-state index contributed by atoms with van der Waals surface area (Å²) in [6.07, 6.45) is 3.91. The van der Waals surface area contributed by atoms with Crippen LogP contribution >= 0.6 is 0 Å². The molecule has 0 unspecified atom stereocenters. The van der Waals surface area contributed by atoms with Gasteiger partial charge in [-0.25, -0.2) is 19.2 Å². The molecule has 2 fully saturated rings. The molecule has 9 nitrogen and oxygen atoms in total. The molecule has 35 heavy (non-hydrogen) atoms. The number of benzene rings is 1. The van der Waals surface area contributed by atoms with Gasteiger partial charge in [0, 0.05) is 12.0 Å². The smallest absolute Gasteiger partial charge is 0.416 e. The summed E-state index contributed by atoms with van der Waals surface area (Å²) in [4.78, 5) is 27.2. The molecule has 1 aliphatic carbocycles. The number of imidazole rings is 1. The summed E-state index contributed by atoms with van der Waals surface area (Å²) in [6, 6.07) is 7.37. The van der Waals surface area contributed by atoms with Crippen LogP contribution in [0.4, 0.5) is 15.0 Å². The Balaban J connectivity index is 1.39. The minimum atomic E-state index is -1.15. The monoisotopic (exact) mass is 478 g/mol. The van der Waals surface area contributed by atoms with Crippen molar-refractivity contribution in [1.29, 1.82) is 5.26 Å². The number of carbonyl (C=O) groups is 1. The fourth-order valence-corrected chi connectivity index (χ4v) is 5.27. The standard InChI is InChI=1S/C25H27FN6O3/c1-23(2,34)20-10-29-21(11-28-20)32-14-25(35-22(32)33)7-6-19(26)24(3,12-25)13-31-15-30-17-5-4-16(9-27)8-18(17)31/h4-5,8,10-11,15,19,34H,6-7,12-14H2,1-3H3/t19-,24-,25-/m1/s1. The van der Waals surface area contributed by atoms with Gasteiger partial charge >= 0.3 is 6.09 Å². The molecule has 10 heteroatoms. The molecule has 1 saturated heterocycles. The van der Waals surface area contributed by atoms with Crippen molar-refractivity contribution in [3.05, 3.63) is 48.2 Å². The van der Waals surface area contributed by atoms with Crippen LogP contribution in [0.1, 0.15) is 51.3 Å². The molecule has 1 aromatic carbocycles. The molecular formula is C25H27FN6O3. The molecule has 1 saturated carbocycles. The summed E-state index contributed by atoms with van der Waals surface area (Å²) in [5.41, 5.74) is -0.407. The summed E-state index contributed by atoms with van der Waals surface area (Å²) in [7, 11) is 0. The van der Waals surface area contributed by atoms with Crippen molar-refractivity contribution in [2.45, 2.75) is 64.0 Å². The first kappa shape index (κ1) is 23.2. The molecular weight excluding hydrogens is 451 g/mol. The first-order chi connectivity index (χ1) is 16.5. The van der Waals surface area contributed by atoms with E-state index in [0.717, 1.165) is 11.0 Å². The largest absolute Gasteiger partial charge is 0.441 e. The van der Waals surface area contributed by atoms with E-state index in [4.69, 9.17) is 4.74 Å². The van der Waals surface area contributed by atoms with Gasteiger partial charge in [0.15, 0.2) is 5.82 Å². The number of nitriles is 1. The van der Waals surface area contributed by atoms with Gasteiger partial charge in [0.25, 0.3) is 0 Å².